The van der Waals surface area contributed by atoms with Gasteiger partial charge in [0.25, 0.3) is 0 Å². The van der Waals surface area contributed by atoms with Gasteiger partial charge in [0.1, 0.15) is 0 Å². The summed E-state index contributed by atoms with van der Waals surface area (Å²) < 4.78 is 0. The molecule has 0 spiro atoms. The molecule has 1 atom stereocenters. The van der Waals surface area contributed by atoms with E-state index in [9.17, 15) is 4.79 Å². The minimum atomic E-state index is -0.393. The third-order valence-electron chi connectivity index (χ3n) is 2.71. The lowest BCUT2D eigenvalue weighted by molar-refractivity contribution is -0.115. The monoisotopic (exact) mass is 393 g/mol. The standard InChI is InChI=1S/C15H11Cl4NOS/c1-8(22-14-12(18)3-2-4-13(14)19)15(21)20-11-6-9(16)5-10(17)7-11/h2-8H,1H3,(H,20,21)/t8-/m1/s1. The van der Waals surface area contributed by atoms with Crippen LogP contribution in [-0.2, 0) is 4.79 Å². The molecule has 0 heterocycles. The van der Waals surface area contributed by atoms with Gasteiger partial charge in [0.05, 0.1) is 15.3 Å². The summed E-state index contributed by atoms with van der Waals surface area (Å²) in [4.78, 5) is 12.9. The minimum Gasteiger partial charge on any atom is -0.325 e. The first kappa shape index (κ1) is 17.8. The Hall–Kier alpha value is -0.580. The summed E-state index contributed by atoms with van der Waals surface area (Å²) in [6.07, 6.45) is 0. The highest BCUT2D eigenvalue weighted by Gasteiger charge is 2.18. The second-order valence-electron chi connectivity index (χ2n) is 4.46. The van der Waals surface area contributed by atoms with Crippen LogP contribution in [0.15, 0.2) is 41.3 Å². The molecule has 0 bridgehead atoms. The van der Waals surface area contributed by atoms with Crippen LogP contribution in [-0.4, -0.2) is 11.2 Å². The van der Waals surface area contributed by atoms with E-state index in [-0.39, 0.29) is 5.91 Å². The van der Waals surface area contributed by atoms with Crippen molar-refractivity contribution in [3.05, 3.63) is 56.5 Å². The number of benzene rings is 2. The highest BCUT2D eigenvalue weighted by Crippen LogP contribution is 2.36. The van der Waals surface area contributed by atoms with Crippen LogP contribution < -0.4 is 5.32 Å². The predicted molar refractivity (Wildman–Crippen MR) is 96.9 cm³/mol. The van der Waals surface area contributed by atoms with Crippen LogP contribution in [0.25, 0.3) is 0 Å². The summed E-state index contributed by atoms with van der Waals surface area (Å²) >= 11 is 25.3. The Morgan fingerprint density at radius 1 is 1.05 bits per heavy atom. The maximum Gasteiger partial charge on any atom is 0.237 e. The van der Waals surface area contributed by atoms with Crippen molar-refractivity contribution in [3.8, 4) is 0 Å². The largest absolute Gasteiger partial charge is 0.325 e. The average molecular weight is 395 g/mol. The van der Waals surface area contributed by atoms with E-state index in [1.165, 1.54) is 11.8 Å². The lowest BCUT2D eigenvalue weighted by Gasteiger charge is -2.14. The van der Waals surface area contributed by atoms with Crippen LogP contribution in [0, 0.1) is 0 Å². The first-order chi connectivity index (χ1) is 10.4. The van der Waals surface area contributed by atoms with Gasteiger partial charge in [-0.3, -0.25) is 4.79 Å². The Labute approximate surface area is 153 Å². The number of thioether (sulfide) groups is 1. The number of rotatable bonds is 4. The van der Waals surface area contributed by atoms with Gasteiger partial charge in [0.2, 0.25) is 5.91 Å². The molecule has 0 saturated heterocycles. The van der Waals surface area contributed by atoms with Crippen molar-refractivity contribution in [2.45, 2.75) is 17.1 Å². The van der Waals surface area contributed by atoms with E-state index >= 15 is 0 Å². The number of amides is 1. The van der Waals surface area contributed by atoms with E-state index in [1.54, 1.807) is 43.3 Å². The highest BCUT2D eigenvalue weighted by molar-refractivity contribution is 8.00. The van der Waals surface area contributed by atoms with Crippen LogP contribution in [0.2, 0.25) is 20.1 Å². The molecule has 0 aromatic heterocycles. The molecular weight excluding hydrogens is 384 g/mol. The number of carbonyl (C=O) groups is 1. The molecule has 1 N–H and O–H groups in total. The van der Waals surface area contributed by atoms with Crippen LogP contribution >= 0.6 is 58.2 Å². The fourth-order valence-electron chi connectivity index (χ4n) is 1.70. The number of anilines is 1. The molecule has 1 amide bonds. The van der Waals surface area contributed by atoms with Gasteiger partial charge in [-0.05, 0) is 37.3 Å². The number of hydrogen-bond donors (Lipinski definition) is 1. The summed E-state index contributed by atoms with van der Waals surface area (Å²) in [6, 6.07) is 10.1. The third-order valence-corrected chi connectivity index (χ3v) is 5.25. The van der Waals surface area contributed by atoms with Crippen molar-refractivity contribution < 1.29 is 4.79 Å². The van der Waals surface area contributed by atoms with Crippen molar-refractivity contribution in [2.75, 3.05) is 5.32 Å². The van der Waals surface area contributed by atoms with Gasteiger partial charge in [-0.25, -0.2) is 0 Å². The van der Waals surface area contributed by atoms with Gasteiger partial charge in [-0.15, -0.1) is 11.8 Å². The highest BCUT2D eigenvalue weighted by atomic mass is 35.5. The van der Waals surface area contributed by atoms with Crippen molar-refractivity contribution in [1.29, 1.82) is 0 Å². The molecule has 2 nitrogen and oxygen atoms in total. The van der Waals surface area contributed by atoms with E-state index in [0.29, 0.717) is 30.7 Å². The Balaban J connectivity index is 2.09. The van der Waals surface area contributed by atoms with Crippen LogP contribution in [0.5, 0.6) is 0 Å². The predicted octanol–water partition coefficient (Wildman–Crippen LogP) is 6.42. The number of carbonyl (C=O) groups excluding carboxylic acids is 1. The van der Waals surface area contributed by atoms with Crippen molar-refractivity contribution in [3.63, 3.8) is 0 Å². The molecule has 7 heteroatoms. The zero-order valence-corrected chi connectivity index (χ0v) is 15.2. The summed E-state index contributed by atoms with van der Waals surface area (Å²) in [6.45, 7) is 1.77. The molecule has 0 saturated carbocycles. The van der Waals surface area contributed by atoms with Crippen molar-refractivity contribution in [1.82, 2.24) is 0 Å². The molecule has 0 unspecified atom stereocenters. The summed E-state index contributed by atoms with van der Waals surface area (Å²) in [7, 11) is 0. The Kier molecular flexibility index (Phi) is 6.30. The molecule has 2 aromatic carbocycles. The van der Waals surface area contributed by atoms with E-state index < -0.39 is 5.25 Å². The molecule has 0 radical (unpaired) electrons. The summed E-state index contributed by atoms with van der Waals surface area (Å²) in [5.41, 5.74) is 0.542. The van der Waals surface area contributed by atoms with Crippen LogP contribution in [0.4, 0.5) is 5.69 Å². The Morgan fingerprint density at radius 2 is 1.59 bits per heavy atom. The van der Waals surface area contributed by atoms with Gasteiger partial charge in [0.15, 0.2) is 0 Å². The van der Waals surface area contributed by atoms with Gasteiger partial charge in [0, 0.05) is 20.6 Å². The Morgan fingerprint density at radius 3 is 2.14 bits per heavy atom. The third kappa shape index (κ3) is 4.71. The van der Waals surface area contributed by atoms with Crippen LogP contribution in [0.3, 0.4) is 0 Å². The lowest BCUT2D eigenvalue weighted by atomic mass is 10.3. The van der Waals surface area contributed by atoms with Gasteiger partial charge >= 0.3 is 0 Å². The Bertz CT molecular complexity index is 667. The fourth-order valence-corrected chi connectivity index (χ4v) is 3.77. The maximum absolute atomic E-state index is 12.3. The first-order valence-electron chi connectivity index (χ1n) is 6.24. The maximum atomic E-state index is 12.3. The smallest absolute Gasteiger partial charge is 0.237 e. The van der Waals surface area contributed by atoms with Crippen molar-refractivity contribution in [2.24, 2.45) is 0 Å². The van der Waals surface area contributed by atoms with E-state index in [2.05, 4.69) is 5.32 Å². The molecule has 116 valence electrons. The van der Waals surface area contributed by atoms with E-state index in [4.69, 9.17) is 46.4 Å². The van der Waals surface area contributed by atoms with Crippen LogP contribution in [0.1, 0.15) is 6.92 Å². The van der Waals surface area contributed by atoms with E-state index in [0.717, 1.165) is 0 Å². The normalized spacial score (nSPS) is 12.0. The summed E-state index contributed by atoms with van der Waals surface area (Å²) in [5.74, 6) is -0.195. The van der Waals surface area contributed by atoms with Gasteiger partial charge < -0.3 is 5.32 Å². The molecule has 22 heavy (non-hydrogen) atoms. The molecule has 2 rings (SSSR count). The van der Waals surface area contributed by atoms with Crippen molar-refractivity contribution >= 4 is 69.8 Å². The second-order valence-corrected chi connectivity index (χ2v) is 7.50. The second kappa shape index (κ2) is 7.80. The molecule has 0 aliphatic heterocycles. The number of hydrogen-bond acceptors (Lipinski definition) is 2. The minimum absolute atomic E-state index is 0.195. The summed E-state index contributed by atoms with van der Waals surface area (Å²) in [5, 5.41) is 4.32. The fraction of sp³-hybridized carbons (Fsp3) is 0.133. The molecular formula is C15H11Cl4NOS. The van der Waals surface area contributed by atoms with Gasteiger partial charge in [-0.2, -0.15) is 0 Å². The molecule has 2 aromatic rings. The first-order valence-corrected chi connectivity index (χ1v) is 8.63. The quantitative estimate of drug-likeness (QED) is 0.606. The lowest BCUT2D eigenvalue weighted by Crippen LogP contribution is -2.22. The number of nitrogens with one attached hydrogen (secondary N) is 1. The zero-order chi connectivity index (χ0) is 16.3. The zero-order valence-electron chi connectivity index (χ0n) is 11.4. The topological polar surface area (TPSA) is 29.1 Å². The average Bonchev–Trinajstić information content (AvgIpc) is 2.41. The molecule has 0 fully saturated rings. The van der Waals surface area contributed by atoms with E-state index in [1.807, 2.05) is 0 Å². The SMILES string of the molecule is C[C@@H](Sc1c(Cl)cccc1Cl)C(=O)Nc1cc(Cl)cc(Cl)c1. The number of halogens is 4. The molecule has 0 aliphatic rings. The van der Waals surface area contributed by atoms with Gasteiger partial charge in [-0.1, -0.05) is 52.5 Å². The molecule has 0 aliphatic carbocycles.